The number of pyridine rings is 1. The third-order valence-corrected chi connectivity index (χ3v) is 4.65. The van der Waals surface area contributed by atoms with Gasteiger partial charge in [0.1, 0.15) is 11.7 Å². The maximum atomic E-state index is 6.31. The molecule has 4 nitrogen and oxygen atoms in total. The highest BCUT2D eigenvalue weighted by atomic mass is 35.5. The molecule has 1 aromatic carbocycles. The van der Waals surface area contributed by atoms with E-state index in [1.165, 1.54) is 11.8 Å². The molecule has 2 aromatic heterocycles. The molecule has 25 heavy (non-hydrogen) atoms. The third-order valence-electron chi connectivity index (χ3n) is 3.11. The SMILES string of the molecule is Clc1ccc(SCOC(=Cn2ccnc2)c2ccc(Cl)cc2Cl)nc1. The summed E-state index contributed by atoms with van der Waals surface area (Å²) in [6.45, 7) is 0. The molecule has 2 heterocycles. The van der Waals surface area contributed by atoms with Gasteiger partial charge in [-0.25, -0.2) is 9.97 Å². The Hall–Kier alpha value is -1.66. The predicted octanol–water partition coefficient (Wildman–Crippen LogP) is 5.96. The minimum Gasteiger partial charge on any atom is -0.480 e. The lowest BCUT2D eigenvalue weighted by atomic mass is 10.2. The number of hydrogen-bond acceptors (Lipinski definition) is 4. The van der Waals surface area contributed by atoms with Crippen LogP contribution in [-0.2, 0) is 4.74 Å². The fourth-order valence-electron chi connectivity index (χ4n) is 1.96. The van der Waals surface area contributed by atoms with Crippen LogP contribution in [0.3, 0.4) is 0 Å². The standard InChI is InChI=1S/C17H12Cl3N3OS/c18-12-1-3-14(15(20)7-12)16(9-23-6-5-21-10-23)24-11-25-17-4-2-13(19)8-22-17/h1-10H,11H2. The van der Waals surface area contributed by atoms with Crippen molar-refractivity contribution in [3.8, 4) is 0 Å². The van der Waals surface area contributed by atoms with E-state index in [-0.39, 0.29) is 0 Å². The zero-order chi connectivity index (χ0) is 17.6. The van der Waals surface area contributed by atoms with Gasteiger partial charge in [-0.15, -0.1) is 0 Å². The Bertz CT molecular complexity index is 867. The Balaban J connectivity index is 1.78. The van der Waals surface area contributed by atoms with Crippen LogP contribution in [0.4, 0.5) is 0 Å². The van der Waals surface area contributed by atoms with Gasteiger partial charge in [-0.05, 0) is 30.3 Å². The average Bonchev–Trinajstić information content (AvgIpc) is 3.09. The smallest absolute Gasteiger partial charge is 0.145 e. The second-order valence-corrected chi connectivity index (χ2v) is 7.07. The first-order chi connectivity index (χ1) is 12.1. The normalized spacial score (nSPS) is 11.6. The zero-order valence-corrected chi connectivity index (χ0v) is 15.9. The molecule has 3 rings (SSSR count). The Kier molecular flexibility index (Phi) is 6.26. The number of thioether (sulfide) groups is 1. The van der Waals surface area contributed by atoms with Crippen molar-refractivity contribution in [2.75, 3.05) is 5.94 Å². The van der Waals surface area contributed by atoms with Crippen molar-refractivity contribution in [2.45, 2.75) is 5.03 Å². The average molecular weight is 413 g/mol. The van der Waals surface area contributed by atoms with E-state index in [1.54, 1.807) is 53.9 Å². The maximum Gasteiger partial charge on any atom is 0.145 e. The Morgan fingerprint density at radius 3 is 2.68 bits per heavy atom. The summed E-state index contributed by atoms with van der Waals surface area (Å²) in [5.74, 6) is 0.954. The lowest BCUT2D eigenvalue weighted by molar-refractivity contribution is 0.350. The van der Waals surface area contributed by atoms with Crippen LogP contribution in [0, 0.1) is 0 Å². The van der Waals surface area contributed by atoms with Gasteiger partial charge in [-0.3, -0.25) is 0 Å². The van der Waals surface area contributed by atoms with Crippen LogP contribution in [0.15, 0.2) is 60.3 Å². The van der Waals surface area contributed by atoms with Gasteiger partial charge in [-0.1, -0.05) is 46.6 Å². The molecule has 0 saturated heterocycles. The van der Waals surface area contributed by atoms with E-state index in [4.69, 9.17) is 39.5 Å². The monoisotopic (exact) mass is 411 g/mol. The summed E-state index contributed by atoms with van der Waals surface area (Å²) in [5.41, 5.74) is 0.740. The molecule has 0 N–H and O–H groups in total. The van der Waals surface area contributed by atoms with E-state index in [1.807, 2.05) is 12.1 Å². The number of ether oxygens (including phenoxy) is 1. The van der Waals surface area contributed by atoms with Gasteiger partial charge < -0.3 is 9.30 Å². The van der Waals surface area contributed by atoms with E-state index in [0.29, 0.717) is 26.8 Å². The number of benzene rings is 1. The van der Waals surface area contributed by atoms with Gasteiger partial charge in [0.2, 0.25) is 0 Å². The summed E-state index contributed by atoms with van der Waals surface area (Å²) < 4.78 is 7.71. The Morgan fingerprint density at radius 2 is 2.00 bits per heavy atom. The van der Waals surface area contributed by atoms with E-state index in [2.05, 4.69) is 9.97 Å². The van der Waals surface area contributed by atoms with Crippen LogP contribution in [-0.4, -0.2) is 20.5 Å². The van der Waals surface area contributed by atoms with Gasteiger partial charge in [-0.2, -0.15) is 0 Å². The minimum absolute atomic E-state index is 0.355. The number of nitrogens with zero attached hydrogens (tertiary/aromatic N) is 3. The number of aromatic nitrogens is 3. The quantitative estimate of drug-likeness (QED) is 0.284. The summed E-state index contributed by atoms with van der Waals surface area (Å²) in [6.07, 6.45) is 8.56. The second-order valence-electron chi connectivity index (χ2n) is 4.85. The Labute approximate surface area is 164 Å². The summed E-state index contributed by atoms with van der Waals surface area (Å²) >= 11 is 19.6. The molecule has 0 unspecified atom stereocenters. The van der Waals surface area contributed by atoms with Crippen molar-refractivity contribution in [1.82, 2.24) is 14.5 Å². The third kappa shape index (κ3) is 5.16. The second kappa shape index (κ2) is 8.63. The Morgan fingerprint density at radius 1 is 1.16 bits per heavy atom. The van der Waals surface area contributed by atoms with Crippen LogP contribution in [0.5, 0.6) is 0 Å². The fraction of sp³-hybridized carbons (Fsp3) is 0.0588. The largest absolute Gasteiger partial charge is 0.480 e. The maximum absolute atomic E-state index is 6.31. The molecule has 0 bridgehead atoms. The molecule has 0 radical (unpaired) electrons. The van der Waals surface area contributed by atoms with Crippen molar-refractivity contribution < 1.29 is 4.74 Å². The molecular weight excluding hydrogens is 401 g/mol. The van der Waals surface area contributed by atoms with E-state index in [0.717, 1.165) is 10.6 Å². The van der Waals surface area contributed by atoms with Gasteiger partial charge in [0.25, 0.3) is 0 Å². The van der Waals surface area contributed by atoms with Crippen LogP contribution in [0.1, 0.15) is 5.56 Å². The van der Waals surface area contributed by atoms with E-state index >= 15 is 0 Å². The number of rotatable bonds is 6. The van der Waals surface area contributed by atoms with Crippen LogP contribution in [0.25, 0.3) is 12.0 Å². The summed E-state index contributed by atoms with van der Waals surface area (Å²) in [7, 11) is 0. The van der Waals surface area contributed by atoms with E-state index in [9.17, 15) is 0 Å². The topological polar surface area (TPSA) is 39.9 Å². The van der Waals surface area contributed by atoms with Crippen LogP contribution in [0.2, 0.25) is 15.1 Å². The molecular formula is C17H12Cl3N3OS. The predicted molar refractivity (Wildman–Crippen MR) is 104 cm³/mol. The van der Waals surface area contributed by atoms with Crippen molar-refractivity contribution in [3.05, 3.63) is 75.9 Å². The molecule has 0 aliphatic heterocycles. The van der Waals surface area contributed by atoms with Crippen LogP contribution >= 0.6 is 46.6 Å². The summed E-state index contributed by atoms with van der Waals surface area (Å²) in [6, 6.07) is 8.89. The van der Waals surface area contributed by atoms with Gasteiger partial charge in [0, 0.05) is 29.2 Å². The van der Waals surface area contributed by atoms with Crippen molar-refractivity contribution in [2.24, 2.45) is 0 Å². The van der Waals surface area contributed by atoms with Crippen molar-refractivity contribution in [3.63, 3.8) is 0 Å². The highest BCUT2D eigenvalue weighted by molar-refractivity contribution is 7.99. The van der Waals surface area contributed by atoms with Crippen LogP contribution < -0.4 is 0 Å². The lowest BCUT2D eigenvalue weighted by Gasteiger charge is -2.12. The number of imidazole rings is 1. The summed E-state index contributed by atoms with van der Waals surface area (Å²) in [4.78, 5) is 8.25. The minimum atomic E-state index is 0.355. The molecule has 3 aromatic rings. The number of hydrogen-bond donors (Lipinski definition) is 0. The van der Waals surface area contributed by atoms with Gasteiger partial charge in [0.15, 0.2) is 0 Å². The first-order valence-corrected chi connectivity index (χ1v) is 9.25. The fourth-order valence-corrected chi connectivity index (χ4v) is 3.17. The molecule has 0 aliphatic carbocycles. The molecule has 0 saturated carbocycles. The summed E-state index contributed by atoms with van der Waals surface area (Å²) in [5, 5.41) is 2.48. The first-order valence-electron chi connectivity index (χ1n) is 7.13. The number of halogens is 3. The highest BCUT2D eigenvalue weighted by Crippen LogP contribution is 2.30. The molecule has 0 fully saturated rings. The van der Waals surface area contributed by atoms with E-state index < -0.39 is 0 Å². The highest BCUT2D eigenvalue weighted by Gasteiger charge is 2.10. The van der Waals surface area contributed by atoms with Gasteiger partial charge >= 0.3 is 0 Å². The molecule has 0 aliphatic rings. The lowest BCUT2D eigenvalue weighted by Crippen LogP contribution is -1.96. The molecule has 0 atom stereocenters. The molecule has 0 spiro atoms. The molecule has 0 amide bonds. The zero-order valence-electron chi connectivity index (χ0n) is 12.8. The van der Waals surface area contributed by atoms with Crippen molar-refractivity contribution in [1.29, 1.82) is 0 Å². The van der Waals surface area contributed by atoms with Gasteiger partial charge in [0.05, 0.1) is 27.6 Å². The van der Waals surface area contributed by atoms with Crippen molar-refractivity contribution >= 4 is 58.5 Å². The first kappa shape index (κ1) is 18.1. The molecule has 128 valence electrons. The molecule has 8 heteroatoms.